The maximum absolute atomic E-state index is 5.68. The van der Waals surface area contributed by atoms with Crippen molar-refractivity contribution in [2.75, 3.05) is 0 Å². The van der Waals surface area contributed by atoms with E-state index in [4.69, 9.17) is 5.73 Å². The van der Waals surface area contributed by atoms with Crippen molar-refractivity contribution in [3.63, 3.8) is 0 Å². The lowest BCUT2D eigenvalue weighted by Gasteiger charge is -1.94. The second-order valence-electron chi connectivity index (χ2n) is 3.53. The molecule has 0 unspecified atom stereocenters. The number of aryl methyl sites for hydroxylation is 1. The summed E-state index contributed by atoms with van der Waals surface area (Å²) in [6, 6.07) is 4.03. The van der Waals surface area contributed by atoms with Gasteiger partial charge in [-0.15, -0.1) is 11.3 Å². The Hall–Kier alpha value is -1.66. The molecule has 16 heavy (non-hydrogen) atoms. The Bertz CT molecular complexity index is 619. The predicted molar refractivity (Wildman–Crippen MR) is 63.3 cm³/mol. The topological polar surface area (TPSA) is 72.0 Å². The van der Waals surface area contributed by atoms with Crippen molar-refractivity contribution in [1.29, 1.82) is 0 Å². The maximum Gasteiger partial charge on any atom is 0.251 e. The van der Waals surface area contributed by atoms with Gasteiger partial charge in [-0.25, -0.2) is 9.50 Å². The van der Waals surface area contributed by atoms with E-state index in [9.17, 15) is 0 Å². The van der Waals surface area contributed by atoms with Crippen molar-refractivity contribution >= 4 is 17.1 Å². The van der Waals surface area contributed by atoms with E-state index in [2.05, 4.69) is 15.1 Å². The fourth-order valence-electron chi connectivity index (χ4n) is 1.73. The maximum atomic E-state index is 5.68. The van der Waals surface area contributed by atoms with E-state index in [1.54, 1.807) is 11.3 Å². The molecule has 0 aliphatic rings. The Labute approximate surface area is 95.9 Å². The number of thiophene rings is 1. The minimum atomic E-state index is 0.457. The molecule has 0 aliphatic heterocycles. The van der Waals surface area contributed by atoms with Gasteiger partial charge in [-0.05, 0) is 18.4 Å². The van der Waals surface area contributed by atoms with Crippen LogP contribution in [0.1, 0.15) is 11.4 Å². The van der Waals surface area contributed by atoms with Gasteiger partial charge in [-0.3, -0.25) is 5.10 Å². The largest absolute Gasteiger partial charge is 0.325 e. The van der Waals surface area contributed by atoms with Gasteiger partial charge in [0.05, 0.1) is 16.3 Å². The fraction of sp³-hybridized carbons (Fsp3) is 0.200. The molecule has 0 bridgehead atoms. The highest BCUT2D eigenvalue weighted by atomic mass is 32.1. The molecule has 0 radical (unpaired) electrons. The number of aromatic nitrogens is 4. The van der Waals surface area contributed by atoms with Crippen LogP contribution in [0.15, 0.2) is 17.5 Å². The van der Waals surface area contributed by atoms with Gasteiger partial charge in [0.25, 0.3) is 5.78 Å². The molecule has 82 valence electrons. The first kappa shape index (κ1) is 9.56. The van der Waals surface area contributed by atoms with Crippen molar-refractivity contribution in [3.05, 3.63) is 28.9 Å². The molecule has 3 aromatic rings. The van der Waals surface area contributed by atoms with Gasteiger partial charge in [-0.2, -0.15) is 4.98 Å². The molecule has 3 heterocycles. The molecule has 5 nitrogen and oxygen atoms in total. The minimum Gasteiger partial charge on any atom is -0.325 e. The molecular formula is C10H11N5S. The monoisotopic (exact) mass is 233 g/mol. The predicted octanol–water partition coefficient (Wildman–Crippen LogP) is 1.55. The molecule has 0 amide bonds. The second-order valence-corrected chi connectivity index (χ2v) is 4.48. The summed E-state index contributed by atoms with van der Waals surface area (Å²) in [4.78, 5) is 9.90. The van der Waals surface area contributed by atoms with E-state index in [1.165, 1.54) is 0 Å². The molecule has 0 atom stereocenters. The minimum absolute atomic E-state index is 0.457. The molecular weight excluding hydrogens is 222 g/mol. The molecule has 0 saturated carbocycles. The van der Waals surface area contributed by atoms with E-state index in [0.29, 0.717) is 12.3 Å². The van der Waals surface area contributed by atoms with E-state index >= 15 is 0 Å². The lowest BCUT2D eigenvalue weighted by molar-refractivity contribution is 0.860. The lowest BCUT2D eigenvalue weighted by Crippen LogP contribution is -2.03. The van der Waals surface area contributed by atoms with Gasteiger partial charge >= 0.3 is 0 Å². The zero-order valence-corrected chi connectivity index (χ0v) is 9.58. The summed E-state index contributed by atoms with van der Waals surface area (Å²) in [5, 5.41) is 5.24. The molecule has 0 aromatic carbocycles. The smallest absolute Gasteiger partial charge is 0.251 e. The number of rotatable bonds is 2. The normalized spacial score (nSPS) is 11.4. The van der Waals surface area contributed by atoms with Gasteiger partial charge < -0.3 is 5.73 Å². The van der Waals surface area contributed by atoms with Gasteiger partial charge in [0, 0.05) is 6.54 Å². The Morgan fingerprint density at radius 3 is 3.06 bits per heavy atom. The third kappa shape index (κ3) is 1.27. The van der Waals surface area contributed by atoms with E-state index in [0.717, 1.165) is 22.1 Å². The highest BCUT2D eigenvalue weighted by molar-refractivity contribution is 7.13. The van der Waals surface area contributed by atoms with E-state index in [1.807, 2.05) is 29.0 Å². The van der Waals surface area contributed by atoms with Crippen LogP contribution in [0.5, 0.6) is 0 Å². The highest BCUT2D eigenvalue weighted by Gasteiger charge is 2.12. The fourth-order valence-corrected chi connectivity index (χ4v) is 2.40. The standard InChI is InChI=1S/C10H11N5S/c1-6-7(5-11)15-10(12-6)13-9(14-15)8-3-2-4-16-8/h2-4H,5,11H2,1H3,(H,12,13,14). The average molecular weight is 233 g/mol. The highest BCUT2D eigenvalue weighted by Crippen LogP contribution is 2.22. The molecule has 0 aliphatic carbocycles. The Balaban J connectivity index is 2.21. The summed E-state index contributed by atoms with van der Waals surface area (Å²) in [6.07, 6.45) is 0. The van der Waals surface area contributed by atoms with Crippen LogP contribution in [-0.2, 0) is 6.54 Å². The van der Waals surface area contributed by atoms with Gasteiger partial charge in [-0.1, -0.05) is 6.07 Å². The third-order valence-corrected chi connectivity index (χ3v) is 3.41. The van der Waals surface area contributed by atoms with Crippen molar-refractivity contribution in [2.45, 2.75) is 13.5 Å². The number of H-pyrrole nitrogens is 1. The lowest BCUT2D eigenvalue weighted by atomic mass is 10.3. The van der Waals surface area contributed by atoms with Crippen LogP contribution >= 0.6 is 11.3 Å². The molecule has 0 fully saturated rings. The number of nitrogens with one attached hydrogen (secondary N) is 1. The van der Waals surface area contributed by atoms with Crippen molar-refractivity contribution in [2.24, 2.45) is 5.73 Å². The van der Waals surface area contributed by atoms with Crippen LogP contribution in [-0.4, -0.2) is 19.6 Å². The summed E-state index contributed by atoms with van der Waals surface area (Å²) in [6.45, 7) is 2.40. The number of nitrogens with zero attached hydrogens (tertiary/aromatic N) is 3. The van der Waals surface area contributed by atoms with Crippen molar-refractivity contribution in [3.8, 4) is 10.7 Å². The van der Waals surface area contributed by atoms with Crippen LogP contribution in [0.25, 0.3) is 16.5 Å². The summed E-state index contributed by atoms with van der Waals surface area (Å²) in [7, 11) is 0. The molecule has 3 N–H and O–H groups in total. The second kappa shape index (κ2) is 3.43. The molecule has 3 rings (SSSR count). The summed E-state index contributed by atoms with van der Waals surface area (Å²) in [5.41, 5.74) is 7.59. The van der Waals surface area contributed by atoms with Crippen LogP contribution < -0.4 is 5.73 Å². The summed E-state index contributed by atoms with van der Waals surface area (Å²) < 4.78 is 1.85. The van der Waals surface area contributed by atoms with E-state index < -0.39 is 0 Å². The number of aromatic amines is 1. The number of hydrogen-bond acceptors (Lipinski definition) is 4. The van der Waals surface area contributed by atoms with Gasteiger partial charge in [0.15, 0.2) is 5.82 Å². The third-order valence-electron chi connectivity index (χ3n) is 2.53. The SMILES string of the molecule is Cc1nc2nc(-c3cccs3)[nH]n2c1CN. The molecule has 0 spiro atoms. The molecule has 3 aromatic heterocycles. The first-order chi connectivity index (χ1) is 7.79. The molecule has 0 saturated heterocycles. The summed E-state index contributed by atoms with van der Waals surface area (Å²) in [5.74, 6) is 1.52. The van der Waals surface area contributed by atoms with Crippen molar-refractivity contribution in [1.82, 2.24) is 19.6 Å². The quantitative estimate of drug-likeness (QED) is 0.705. The Morgan fingerprint density at radius 2 is 2.38 bits per heavy atom. The van der Waals surface area contributed by atoms with Gasteiger partial charge in [0.1, 0.15) is 0 Å². The van der Waals surface area contributed by atoms with Crippen LogP contribution in [0.3, 0.4) is 0 Å². The number of imidazole rings is 1. The first-order valence-electron chi connectivity index (χ1n) is 4.97. The molecule has 6 heteroatoms. The van der Waals surface area contributed by atoms with Crippen LogP contribution in [0, 0.1) is 6.92 Å². The Kier molecular flexibility index (Phi) is 2.05. The number of nitrogens with two attached hydrogens (primary N) is 1. The average Bonchev–Trinajstić information content (AvgIpc) is 2.90. The van der Waals surface area contributed by atoms with Gasteiger partial charge in [0.2, 0.25) is 0 Å². The number of hydrogen-bond donors (Lipinski definition) is 2. The summed E-state index contributed by atoms with van der Waals surface area (Å²) >= 11 is 1.65. The zero-order chi connectivity index (χ0) is 11.1. The van der Waals surface area contributed by atoms with Crippen LogP contribution in [0.4, 0.5) is 0 Å². The zero-order valence-electron chi connectivity index (χ0n) is 8.77. The first-order valence-corrected chi connectivity index (χ1v) is 5.85. The van der Waals surface area contributed by atoms with Crippen molar-refractivity contribution < 1.29 is 0 Å². The van der Waals surface area contributed by atoms with E-state index in [-0.39, 0.29) is 0 Å². The Morgan fingerprint density at radius 1 is 1.50 bits per heavy atom. The van der Waals surface area contributed by atoms with Crippen LogP contribution in [0.2, 0.25) is 0 Å². The number of fused-ring (bicyclic) bond motifs is 1.